The maximum atomic E-state index is 11.6. The van der Waals surface area contributed by atoms with Crippen LogP contribution in [-0.2, 0) is 0 Å². The Balaban J connectivity index is 1.76. The Kier molecular flexibility index (Phi) is 4.99. The average molecular weight is 324 g/mol. The Morgan fingerprint density at radius 1 is 1.25 bits per heavy atom. The molecule has 24 heavy (non-hydrogen) atoms. The average Bonchev–Trinajstić information content (AvgIpc) is 3.08. The fourth-order valence-electron chi connectivity index (χ4n) is 3.12. The SMILES string of the molecule is Cc1ccc(Nc2cc(NCC3CCCC3)c(C(N)=O)cn2)cc1. The minimum Gasteiger partial charge on any atom is -0.384 e. The lowest BCUT2D eigenvalue weighted by atomic mass is 10.1. The van der Waals surface area contributed by atoms with E-state index < -0.39 is 5.91 Å². The molecule has 1 aromatic carbocycles. The zero-order valence-electron chi connectivity index (χ0n) is 14.0. The van der Waals surface area contributed by atoms with Crippen LogP contribution in [0.2, 0.25) is 0 Å². The van der Waals surface area contributed by atoms with Crippen LogP contribution in [0, 0.1) is 12.8 Å². The van der Waals surface area contributed by atoms with Gasteiger partial charge in [-0.15, -0.1) is 0 Å². The van der Waals surface area contributed by atoms with Gasteiger partial charge in [0.05, 0.1) is 11.3 Å². The number of anilines is 3. The number of aromatic nitrogens is 1. The van der Waals surface area contributed by atoms with Crippen molar-refractivity contribution in [2.24, 2.45) is 11.7 Å². The van der Waals surface area contributed by atoms with Crippen LogP contribution in [-0.4, -0.2) is 17.4 Å². The van der Waals surface area contributed by atoms with Gasteiger partial charge in [0.2, 0.25) is 0 Å². The first kappa shape index (κ1) is 16.3. The molecule has 1 amide bonds. The van der Waals surface area contributed by atoms with Crippen molar-refractivity contribution < 1.29 is 4.79 Å². The van der Waals surface area contributed by atoms with E-state index in [4.69, 9.17) is 5.73 Å². The molecule has 0 radical (unpaired) electrons. The number of rotatable bonds is 6. The number of aryl methyl sites for hydroxylation is 1. The van der Waals surface area contributed by atoms with E-state index >= 15 is 0 Å². The molecule has 2 aromatic rings. The van der Waals surface area contributed by atoms with E-state index in [0.29, 0.717) is 17.3 Å². The van der Waals surface area contributed by atoms with E-state index in [1.165, 1.54) is 37.4 Å². The lowest BCUT2D eigenvalue weighted by Gasteiger charge is -2.15. The van der Waals surface area contributed by atoms with Gasteiger partial charge in [-0.25, -0.2) is 4.98 Å². The lowest BCUT2D eigenvalue weighted by molar-refractivity contribution is 0.100. The summed E-state index contributed by atoms with van der Waals surface area (Å²) in [5.74, 6) is 0.906. The third kappa shape index (κ3) is 4.04. The van der Waals surface area contributed by atoms with E-state index in [1.54, 1.807) is 0 Å². The Morgan fingerprint density at radius 3 is 2.62 bits per heavy atom. The molecule has 0 aliphatic heterocycles. The number of carbonyl (C=O) groups is 1. The second-order valence-corrected chi connectivity index (χ2v) is 6.50. The second-order valence-electron chi connectivity index (χ2n) is 6.50. The molecule has 3 rings (SSSR count). The van der Waals surface area contributed by atoms with Crippen molar-refractivity contribution >= 4 is 23.1 Å². The number of primary amides is 1. The Bertz CT molecular complexity index is 706. The summed E-state index contributed by atoms with van der Waals surface area (Å²) in [7, 11) is 0. The number of nitrogens with one attached hydrogen (secondary N) is 2. The minimum absolute atomic E-state index is 0.433. The Morgan fingerprint density at radius 2 is 1.96 bits per heavy atom. The predicted octanol–water partition coefficient (Wildman–Crippen LogP) is 3.83. The van der Waals surface area contributed by atoms with Gasteiger partial charge in [-0.1, -0.05) is 30.5 Å². The summed E-state index contributed by atoms with van der Waals surface area (Å²) in [6, 6.07) is 9.95. The standard InChI is InChI=1S/C19H24N4O/c1-13-6-8-15(9-7-13)23-18-10-17(16(12-22-18)19(20)24)21-11-14-4-2-3-5-14/h6-10,12,14H,2-5,11H2,1H3,(H2,20,24)(H2,21,22,23). The van der Waals surface area contributed by atoms with Crippen molar-refractivity contribution in [3.05, 3.63) is 47.7 Å². The molecule has 0 bridgehead atoms. The molecule has 0 spiro atoms. The van der Waals surface area contributed by atoms with E-state index in [9.17, 15) is 4.79 Å². The van der Waals surface area contributed by atoms with Gasteiger partial charge in [0.15, 0.2) is 0 Å². The number of nitrogens with zero attached hydrogens (tertiary/aromatic N) is 1. The van der Waals surface area contributed by atoms with Crippen LogP contribution >= 0.6 is 0 Å². The zero-order chi connectivity index (χ0) is 16.9. The van der Waals surface area contributed by atoms with E-state index in [2.05, 4.69) is 22.5 Å². The highest BCUT2D eigenvalue weighted by molar-refractivity contribution is 5.98. The molecule has 5 nitrogen and oxygen atoms in total. The quantitative estimate of drug-likeness (QED) is 0.754. The number of carbonyl (C=O) groups excluding carboxylic acids is 1. The predicted molar refractivity (Wildman–Crippen MR) is 97.7 cm³/mol. The summed E-state index contributed by atoms with van der Waals surface area (Å²) in [4.78, 5) is 16.0. The third-order valence-electron chi connectivity index (χ3n) is 4.55. The summed E-state index contributed by atoms with van der Waals surface area (Å²) in [6.45, 7) is 2.92. The lowest BCUT2D eigenvalue weighted by Crippen LogP contribution is -2.18. The first-order chi connectivity index (χ1) is 11.6. The minimum atomic E-state index is -0.460. The molecule has 0 saturated heterocycles. The smallest absolute Gasteiger partial charge is 0.252 e. The van der Waals surface area contributed by atoms with Gasteiger partial charge < -0.3 is 16.4 Å². The molecule has 1 saturated carbocycles. The van der Waals surface area contributed by atoms with E-state index in [-0.39, 0.29) is 0 Å². The second kappa shape index (κ2) is 7.34. The molecule has 1 heterocycles. The van der Waals surface area contributed by atoms with Gasteiger partial charge in [-0.3, -0.25) is 4.79 Å². The molecule has 0 unspecified atom stereocenters. The monoisotopic (exact) mass is 324 g/mol. The number of nitrogens with two attached hydrogens (primary N) is 1. The number of amides is 1. The molecule has 1 fully saturated rings. The maximum Gasteiger partial charge on any atom is 0.252 e. The molecule has 1 aliphatic rings. The zero-order valence-corrected chi connectivity index (χ0v) is 14.0. The number of hydrogen-bond acceptors (Lipinski definition) is 4. The van der Waals surface area contributed by atoms with Crippen LogP contribution in [0.4, 0.5) is 17.2 Å². The van der Waals surface area contributed by atoms with Gasteiger partial charge >= 0.3 is 0 Å². The van der Waals surface area contributed by atoms with E-state index in [1.807, 2.05) is 30.3 Å². The molecule has 126 valence electrons. The number of pyridine rings is 1. The fraction of sp³-hybridized carbons (Fsp3) is 0.368. The van der Waals surface area contributed by atoms with Gasteiger partial charge in [0.25, 0.3) is 5.91 Å². The largest absolute Gasteiger partial charge is 0.384 e. The highest BCUT2D eigenvalue weighted by Crippen LogP contribution is 2.27. The topological polar surface area (TPSA) is 80.0 Å². The van der Waals surface area contributed by atoms with Crippen molar-refractivity contribution in [3.63, 3.8) is 0 Å². The highest BCUT2D eigenvalue weighted by atomic mass is 16.1. The van der Waals surface area contributed by atoms with Crippen molar-refractivity contribution in [1.82, 2.24) is 4.98 Å². The fourth-order valence-corrected chi connectivity index (χ4v) is 3.12. The summed E-state index contributed by atoms with van der Waals surface area (Å²) in [5.41, 5.74) is 8.83. The molecule has 5 heteroatoms. The van der Waals surface area contributed by atoms with Crippen LogP contribution in [0.25, 0.3) is 0 Å². The van der Waals surface area contributed by atoms with Gasteiger partial charge in [-0.2, -0.15) is 0 Å². The molecular weight excluding hydrogens is 300 g/mol. The summed E-state index contributed by atoms with van der Waals surface area (Å²) < 4.78 is 0. The molecule has 0 atom stereocenters. The highest BCUT2D eigenvalue weighted by Gasteiger charge is 2.16. The third-order valence-corrected chi connectivity index (χ3v) is 4.55. The summed E-state index contributed by atoms with van der Waals surface area (Å²) in [5, 5.41) is 6.65. The van der Waals surface area contributed by atoms with Crippen LogP contribution in [0.3, 0.4) is 0 Å². The van der Waals surface area contributed by atoms with Gasteiger partial charge in [0, 0.05) is 24.5 Å². The van der Waals surface area contributed by atoms with Crippen LogP contribution in [0.1, 0.15) is 41.6 Å². The van der Waals surface area contributed by atoms with Crippen LogP contribution in [0.15, 0.2) is 36.5 Å². The van der Waals surface area contributed by atoms with Crippen molar-refractivity contribution in [2.45, 2.75) is 32.6 Å². The van der Waals surface area contributed by atoms with Crippen LogP contribution in [0.5, 0.6) is 0 Å². The van der Waals surface area contributed by atoms with E-state index in [0.717, 1.165) is 17.9 Å². The van der Waals surface area contributed by atoms with Crippen molar-refractivity contribution in [3.8, 4) is 0 Å². The molecular formula is C19H24N4O. The van der Waals surface area contributed by atoms with Gasteiger partial charge in [0.1, 0.15) is 5.82 Å². The summed E-state index contributed by atoms with van der Waals surface area (Å²) in [6.07, 6.45) is 6.63. The number of hydrogen-bond donors (Lipinski definition) is 3. The first-order valence-corrected chi connectivity index (χ1v) is 8.49. The van der Waals surface area contributed by atoms with Crippen LogP contribution < -0.4 is 16.4 Å². The first-order valence-electron chi connectivity index (χ1n) is 8.49. The molecule has 4 N–H and O–H groups in total. The normalized spacial score (nSPS) is 14.5. The summed E-state index contributed by atoms with van der Waals surface area (Å²) >= 11 is 0. The number of benzene rings is 1. The molecule has 1 aliphatic carbocycles. The Labute approximate surface area is 142 Å². The maximum absolute atomic E-state index is 11.6. The van der Waals surface area contributed by atoms with Crippen molar-refractivity contribution in [2.75, 3.05) is 17.2 Å². The molecule has 1 aromatic heterocycles. The van der Waals surface area contributed by atoms with Gasteiger partial charge in [-0.05, 0) is 37.8 Å². The van der Waals surface area contributed by atoms with Crippen molar-refractivity contribution in [1.29, 1.82) is 0 Å². The Hall–Kier alpha value is -2.56.